The molecule has 1 saturated heterocycles. The van der Waals surface area contributed by atoms with Crippen LogP contribution in [-0.2, 0) is 20.2 Å². The molecule has 9 nitrogen and oxygen atoms in total. The normalized spacial score (nSPS) is 18.6. The van der Waals surface area contributed by atoms with Gasteiger partial charge in [-0.25, -0.2) is 13.2 Å². The third-order valence-electron chi connectivity index (χ3n) is 6.69. The number of anilines is 1. The predicted molar refractivity (Wildman–Crippen MR) is 129 cm³/mol. The van der Waals surface area contributed by atoms with E-state index in [9.17, 15) is 18.0 Å². The third-order valence-corrected chi connectivity index (χ3v) is 7.30. The van der Waals surface area contributed by atoms with Gasteiger partial charge in [0.05, 0.1) is 23.2 Å². The van der Waals surface area contributed by atoms with Crippen molar-refractivity contribution in [2.45, 2.75) is 37.1 Å². The number of aromatic amines is 1. The van der Waals surface area contributed by atoms with Crippen molar-refractivity contribution in [1.82, 2.24) is 15.2 Å². The zero-order valence-electron chi connectivity index (χ0n) is 19.0. The lowest BCUT2D eigenvalue weighted by molar-refractivity contribution is -0.124. The first-order chi connectivity index (χ1) is 16.2. The summed E-state index contributed by atoms with van der Waals surface area (Å²) in [6.45, 7) is 2.60. The minimum Gasteiger partial charge on any atom is -0.408 e. The van der Waals surface area contributed by atoms with Crippen molar-refractivity contribution < 1.29 is 17.6 Å². The molecule has 2 aliphatic rings. The predicted octanol–water partition coefficient (Wildman–Crippen LogP) is 2.48. The van der Waals surface area contributed by atoms with Crippen molar-refractivity contribution in [3.05, 3.63) is 64.1 Å². The summed E-state index contributed by atoms with van der Waals surface area (Å²) in [5.74, 6) is -0.585. The smallest absolute Gasteiger partial charge is 0.408 e. The first-order valence-electron chi connectivity index (χ1n) is 11.5. The Morgan fingerprint density at radius 2 is 1.94 bits per heavy atom. The van der Waals surface area contributed by atoms with Crippen LogP contribution in [0.2, 0.25) is 0 Å². The highest BCUT2D eigenvalue weighted by Crippen LogP contribution is 2.49. The molecular weight excluding hydrogens is 456 g/mol. The lowest BCUT2D eigenvalue weighted by Gasteiger charge is -2.27. The van der Waals surface area contributed by atoms with Crippen LogP contribution in [0.15, 0.2) is 51.7 Å². The summed E-state index contributed by atoms with van der Waals surface area (Å²) >= 11 is 0. The van der Waals surface area contributed by atoms with Crippen molar-refractivity contribution in [2.75, 3.05) is 30.6 Å². The number of nitrogens with zero attached hydrogens (tertiary/aromatic N) is 1. The minimum absolute atomic E-state index is 0.0663. The summed E-state index contributed by atoms with van der Waals surface area (Å²) < 4.78 is 31.0. The maximum absolute atomic E-state index is 13.6. The Bertz CT molecular complexity index is 1380. The van der Waals surface area contributed by atoms with E-state index >= 15 is 0 Å². The number of carbonyl (C=O) groups is 1. The second-order valence-electron chi connectivity index (χ2n) is 9.34. The fourth-order valence-electron chi connectivity index (χ4n) is 4.81. The summed E-state index contributed by atoms with van der Waals surface area (Å²) in [5.41, 5.74) is 2.56. The average molecular weight is 485 g/mol. The molecule has 180 valence electrons. The minimum atomic E-state index is -3.41. The van der Waals surface area contributed by atoms with E-state index in [1.54, 1.807) is 24.3 Å². The summed E-state index contributed by atoms with van der Waals surface area (Å²) in [4.78, 5) is 30.1. The van der Waals surface area contributed by atoms with Crippen LogP contribution in [0, 0.1) is 0 Å². The van der Waals surface area contributed by atoms with Crippen molar-refractivity contribution in [2.24, 2.45) is 0 Å². The number of aromatic nitrogens is 1. The number of likely N-dealkylation sites (tertiary alicyclic amines) is 1. The number of benzene rings is 2. The number of oxazole rings is 1. The molecule has 1 amide bonds. The van der Waals surface area contributed by atoms with Crippen molar-refractivity contribution >= 4 is 32.7 Å². The topological polar surface area (TPSA) is 125 Å². The van der Waals surface area contributed by atoms with E-state index in [-0.39, 0.29) is 11.9 Å². The van der Waals surface area contributed by atoms with Crippen molar-refractivity contribution in [1.29, 1.82) is 0 Å². The van der Waals surface area contributed by atoms with Gasteiger partial charge in [-0.3, -0.25) is 14.5 Å². The fraction of sp³-hybridized carbons (Fsp3) is 0.417. The monoisotopic (exact) mass is 484 g/mol. The number of rotatable bonds is 8. The fourth-order valence-corrected chi connectivity index (χ4v) is 5.36. The van der Waals surface area contributed by atoms with E-state index in [2.05, 4.69) is 19.9 Å². The molecular formula is C24H28N4O5S. The summed E-state index contributed by atoms with van der Waals surface area (Å²) in [7, 11) is -3.41. The molecule has 2 aromatic carbocycles. The van der Waals surface area contributed by atoms with Gasteiger partial charge in [0.25, 0.3) is 0 Å². The molecule has 3 aromatic rings. The number of H-pyrrole nitrogens is 1. The molecule has 10 heteroatoms. The molecule has 1 aromatic heterocycles. The molecule has 1 aliphatic carbocycles. The molecule has 0 bridgehead atoms. The van der Waals surface area contributed by atoms with E-state index in [1.807, 2.05) is 18.2 Å². The Morgan fingerprint density at radius 3 is 2.65 bits per heavy atom. The van der Waals surface area contributed by atoms with Crippen LogP contribution in [0.3, 0.4) is 0 Å². The summed E-state index contributed by atoms with van der Waals surface area (Å²) in [6, 6.07) is 12.3. The summed E-state index contributed by atoms with van der Waals surface area (Å²) in [5, 5.41) is 3.25. The van der Waals surface area contributed by atoms with Gasteiger partial charge < -0.3 is 14.6 Å². The summed E-state index contributed by atoms with van der Waals surface area (Å²) in [6.07, 6.45) is 4.81. The van der Waals surface area contributed by atoms with Gasteiger partial charge in [-0.2, -0.15) is 0 Å². The molecule has 1 aliphatic heterocycles. The van der Waals surface area contributed by atoms with E-state index < -0.39 is 21.2 Å². The highest BCUT2D eigenvalue weighted by atomic mass is 32.2. The second-order valence-corrected chi connectivity index (χ2v) is 11.1. The zero-order chi connectivity index (χ0) is 23.9. The van der Waals surface area contributed by atoms with Gasteiger partial charge in [0, 0.05) is 12.2 Å². The largest absolute Gasteiger partial charge is 0.417 e. The highest BCUT2D eigenvalue weighted by Gasteiger charge is 2.52. The Morgan fingerprint density at radius 1 is 1.18 bits per heavy atom. The zero-order valence-corrected chi connectivity index (χ0v) is 19.8. The molecule has 1 atom stereocenters. The van der Waals surface area contributed by atoms with Crippen LogP contribution >= 0.6 is 0 Å². The Hall–Kier alpha value is -3.11. The first kappa shape index (κ1) is 22.7. The van der Waals surface area contributed by atoms with Crippen molar-refractivity contribution in [3.63, 3.8) is 0 Å². The van der Waals surface area contributed by atoms with E-state index in [1.165, 1.54) is 0 Å². The molecule has 2 fully saturated rings. The van der Waals surface area contributed by atoms with Crippen LogP contribution in [0.25, 0.3) is 11.1 Å². The standard InChI is InChI=1S/C24H28N4O5S/c1-34(31,32)27-18-6-4-5-16(13-18)20(15-28-11-2-3-12-28)25-22(29)24(9-10-24)17-7-8-21-19(14-17)26-23(30)33-21/h4-8,13-14,20,27H,2-3,9-12,15H2,1H3,(H,25,29)(H,26,30)/t20-/m1/s1. The molecule has 3 N–H and O–H groups in total. The van der Waals surface area contributed by atoms with Crippen LogP contribution < -0.4 is 15.8 Å². The van der Waals surface area contributed by atoms with Gasteiger partial charge in [-0.15, -0.1) is 0 Å². The highest BCUT2D eigenvalue weighted by molar-refractivity contribution is 7.92. The number of nitrogens with one attached hydrogen (secondary N) is 3. The SMILES string of the molecule is CS(=O)(=O)Nc1cccc([C@@H](CN2CCCC2)NC(=O)C2(c3ccc4oc(=O)[nH]c4c3)CC2)c1. The Kier molecular flexibility index (Phi) is 5.73. The number of fused-ring (bicyclic) bond motifs is 1. The quantitative estimate of drug-likeness (QED) is 0.451. The van der Waals surface area contributed by atoms with Crippen LogP contribution in [0.5, 0.6) is 0 Å². The number of hydrogen-bond acceptors (Lipinski definition) is 6. The van der Waals surface area contributed by atoms with Crippen LogP contribution in [0.1, 0.15) is 42.9 Å². The van der Waals surface area contributed by atoms with Gasteiger partial charge in [0.1, 0.15) is 0 Å². The number of sulfonamides is 1. The molecule has 1 saturated carbocycles. The number of carbonyl (C=O) groups excluding carboxylic acids is 1. The molecule has 34 heavy (non-hydrogen) atoms. The second kappa shape index (κ2) is 8.59. The number of amides is 1. The Balaban J connectivity index is 1.42. The maximum Gasteiger partial charge on any atom is 0.417 e. The molecule has 0 unspecified atom stereocenters. The third kappa shape index (κ3) is 4.74. The van der Waals surface area contributed by atoms with E-state index in [0.717, 1.165) is 56.2 Å². The Labute approximate surface area is 197 Å². The molecule has 5 rings (SSSR count). The van der Waals surface area contributed by atoms with E-state index in [0.29, 0.717) is 23.3 Å². The first-order valence-corrected chi connectivity index (χ1v) is 13.4. The van der Waals surface area contributed by atoms with Gasteiger partial charge in [0.15, 0.2) is 5.58 Å². The lowest BCUT2D eigenvalue weighted by atomic mass is 9.93. The van der Waals surface area contributed by atoms with Gasteiger partial charge >= 0.3 is 5.76 Å². The maximum atomic E-state index is 13.6. The molecule has 0 radical (unpaired) electrons. The van der Waals surface area contributed by atoms with Gasteiger partial charge in [-0.05, 0) is 74.2 Å². The van der Waals surface area contributed by atoms with Crippen LogP contribution in [0.4, 0.5) is 5.69 Å². The van der Waals surface area contributed by atoms with E-state index in [4.69, 9.17) is 4.42 Å². The van der Waals surface area contributed by atoms with Crippen LogP contribution in [-0.4, -0.2) is 50.1 Å². The van der Waals surface area contributed by atoms with Gasteiger partial charge in [0.2, 0.25) is 15.9 Å². The average Bonchev–Trinajstić information content (AvgIpc) is 3.26. The molecule has 0 spiro atoms. The number of hydrogen-bond donors (Lipinski definition) is 3. The van der Waals surface area contributed by atoms with Gasteiger partial charge in [-0.1, -0.05) is 18.2 Å². The molecule has 2 heterocycles. The lowest BCUT2D eigenvalue weighted by Crippen LogP contribution is -2.42. The van der Waals surface area contributed by atoms with Crippen molar-refractivity contribution in [3.8, 4) is 0 Å².